The Morgan fingerprint density at radius 1 is 0.978 bits per heavy atom. The number of phenolic OH excluding ortho intramolecular Hbond substituents is 1. The number of carbonyl (C=O) groups is 1. The van der Waals surface area contributed by atoms with E-state index in [9.17, 15) is 15.0 Å². The first-order chi connectivity index (χ1) is 21.5. The molecule has 5 atom stereocenters. The molecular formula is C41H56O5. The van der Waals surface area contributed by atoms with Crippen LogP contribution in [0.4, 0.5) is 0 Å². The zero-order valence-electron chi connectivity index (χ0n) is 30.0. The Morgan fingerprint density at radius 2 is 1.65 bits per heavy atom. The number of hydrogen-bond acceptors (Lipinski definition) is 5. The van der Waals surface area contributed by atoms with Gasteiger partial charge >= 0.3 is 0 Å². The van der Waals surface area contributed by atoms with Crippen LogP contribution in [0.1, 0.15) is 133 Å². The lowest BCUT2D eigenvalue weighted by Crippen LogP contribution is -2.61. The van der Waals surface area contributed by atoms with Gasteiger partial charge in [-0.2, -0.15) is 0 Å². The Kier molecular flexibility index (Phi) is 9.45. The third-order valence-corrected chi connectivity index (χ3v) is 11.6. The molecule has 250 valence electrons. The lowest BCUT2D eigenvalue weighted by molar-refractivity contribution is -0.151. The van der Waals surface area contributed by atoms with Crippen molar-refractivity contribution >= 4 is 16.6 Å². The second kappa shape index (κ2) is 12.6. The lowest BCUT2D eigenvalue weighted by Gasteiger charge is -2.60. The first kappa shape index (κ1) is 34.4. The number of rotatable bonds is 9. The van der Waals surface area contributed by atoms with E-state index >= 15 is 0 Å². The average Bonchev–Trinajstić information content (AvgIpc) is 2.98. The van der Waals surface area contributed by atoms with Crippen LogP contribution in [0.2, 0.25) is 0 Å². The fourth-order valence-corrected chi connectivity index (χ4v) is 8.75. The highest BCUT2D eigenvalue weighted by Crippen LogP contribution is 2.61. The number of fused-ring (bicyclic) bond motifs is 4. The van der Waals surface area contributed by atoms with Crippen molar-refractivity contribution in [3.8, 4) is 11.5 Å². The van der Waals surface area contributed by atoms with Gasteiger partial charge in [0.25, 0.3) is 0 Å². The molecule has 2 N–H and O–H groups in total. The van der Waals surface area contributed by atoms with E-state index in [-0.39, 0.29) is 41.0 Å². The molecule has 0 saturated heterocycles. The standard InChI is InChI=1S/C41H56O5/c1-22(2)28-19-31-32(21-34(28)43)41(10)17-16-36(44)40(8,9)39(41)38(37(31)45-11)46-35-20-30-26(18-29(35)23(3)4)13-12-25(7)27(30)14-15-33(42)24(5)6/h12-13,18-24,36-39,43-44H,14-17H2,1-11H3/t36-,37+,38-,39?,41+/m0/s1. The van der Waals surface area contributed by atoms with Gasteiger partial charge in [-0.05, 0) is 112 Å². The highest BCUT2D eigenvalue weighted by atomic mass is 16.5. The summed E-state index contributed by atoms with van der Waals surface area (Å²) < 4.78 is 13.8. The van der Waals surface area contributed by atoms with Crippen LogP contribution in [-0.2, 0) is 21.4 Å². The number of aliphatic hydroxyl groups is 1. The van der Waals surface area contributed by atoms with Crippen molar-refractivity contribution in [2.45, 2.75) is 130 Å². The van der Waals surface area contributed by atoms with E-state index in [1.165, 1.54) is 11.1 Å². The minimum absolute atomic E-state index is 0.0171. The smallest absolute Gasteiger partial charge is 0.135 e. The molecule has 0 aliphatic heterocycles. The number of ketones is 1. The molecule has 0 radical (unpaired) electrons. The number of aromatic hydroxyl groups is 1. The molecule has 2 aliphatic rings. The summed E-state index contributed by atoms with van der Waals surface area (Å²) in [5, 5.41) is 24.9. The molecule has 0 bridgehead atoms. The van der Waals surface area contributed by atoms with Gasteiger partial charge in [0.15, 0.2) is 0 Å². The second-order valence-corrected chi connectivity index (χ2v) is 15.9. The van der Waals surface area contributed by atoms with E-state index < -0.39 is 17.6 Å². The van der Waals surface area contributed by atoms with Crippen LogP contribution < -0.4 is 4.74 Å². The third kappa shape index (κ3) is 5.76. The summed E-state index contributed by atoms with van der Waals surface area (Å²) in [5.74, 6) is 1.72. The lowest BCUT2D eigenvalue weighted by atomic mass is 9.48. The summed E-state index contributed by atoms with van der Waals surface area (Å²) in [6.45, 7) is 21.3. The molecular weight excluding hydrogens is 572 g/mol. The summed E-state index contributed by atoms with van der Waals surface area (Å²) in [6, 6.07) is 12.9. The van der Waals surface area contributed by atoms with Gasteiger partial charge in [0.2, 0.25) is 0 Å². The van der Waals surface area contributed by atoms with Gasteiger partial charge < -0.3 is 19.7 Å². The zero-order chi connectivity index (χ0) is 33.9. The maximum atomic E-state index is 12.7. The van der Waals surface area contributed by atoms with E-state index in [4.69, 9.17) is 9.47 Å². The maximum absolute atomic E-state index is 12.7. The number of Topliss-reactive ketones (excluding diaryl/α,β-unsaturated/α-hetero) is 1. The predicted octanol–water partition coefficient (Wildman–Crippen LogP) is 9.46. The van der Waals surface area contributed by atoms with Crippen molar-refractivity contribution in [1.29, 1.82) is 0 Å². The molecule has 3 aromatic carbocycles. The highest BCUT2D eigenvalue weighted by molar-refractivity contribution is 5.90. The Hall–Kier alpha value is -2.89. The number of benzene rings is 3. The van der Waals surface area contributed by atoms with Crippen LogP contribution >= 0.6 is 0 Å². The quantitative estimate of drug-likeness (QED) is 0.247. The minimum atomic E-state index is -0.492. The maximum Gasteiger partial charge on any atom is 0.135 e. The van der Waals surface area contributed by atoms with E-state index in [0.29, 0.717) is 25.0 Å². The van der Waals surface area contributed by atoms with Crippen molar-refractivity contribution in [1.82, 2.24) is 0 Å². The summed E-state index contributed by atoms with van der Waals surface area (Å²) in [5.41, 5.74) is 5.74. The topological polar surface area (TPSA) is 76.0 Å². The molecule has 1 fully saturated rings. The molecule has 0 amide bonds. The van der Waals surface area contributed by atoms with Gasteiger partial charge in [0, 0.05) is 30.8 Å². The summed E-state index contributed by atoms with van der Waals surface area (Å²) in [7, 11) is 1.75. The number of methoxy groups -OCH3 is 1. The van der Waals surface area contributed by atoms with Crippen LogP contribution in [0.3, 0.4) is 0 Å². The summed E-state index contributed by atoms with van der Waals surface area (Å²) in [4.78, 5) is 12.7. The number of aliphatic hydroxyl groups excluding tert-OH is 1. The van der Waals surface area contributed by atoms with Crippen LogP contribution in [0.25, 0.3) is 10.8 Å². The monoisotopic (exact) mass is 628 g/mol. The van der Waals surface area contributed by atoms with Crippen LogP contribution in [0.15, 0.2) is 36.4 Å². The Balaban J connectivity index is 1.72. The predicted molar refractivity (Wildman–Crippen MR) is 187 cm³/mol. The fraction of sp³-hybridized carbons (Fsp3) is 0.585. The number of carbonyl (C=O) groups excluding carboxylic acids is 1. The molecule has 46 heavy (non-hydrogen) atoms. The Labute approximate surface area is 276 Å². The molecule has 5 rings (SSSR count). The summed E-state index contributed by atoms with van der Waals surface area (Å²) >= 11 is 0. The van der Waals surface area contributed by atoms with E-state index in [1.54, 1.807) is 7.11 Å². The molecule has 1 saturated carbocycles. The van der Waals surface area contributed by atoms with Gasteiger partial charge in [-0.3, -0.25) is 4.79 Å². The van der Waals surface area contributed by atoms with Crippen molar-refractivity contribution < 1.29 is 24.5 Å². The van der Waals surface area contributed by atoms with Gasteiger partial charge in [-0.15, -0.1) is 0 Å². The van der Waals surface area contributed by atoms with E-state index in [2.05, 4.69) is 85.7 Å². The number of hydrogen-bond donors (Lipinski definition) is 2. The van der Waals surface area contributed by atoms with Gasteiger partial charge in [-0.25, -0.2) is 0 Å². The molecule has 0 heterocycles. The normalized spacial score (nSPS) is 25.6. The number of aryl methyl sites for hydroxylation is 2. The molecule has 0 aromatic heterocycles. The van der Waals surface area contributed by atoms with E-state index in [1.807, 2.05) is 19.9 Å². The number of ether oxygens (including phenoxy) is 2. The van der Waals surface area contributed by atoms with Crippen LogP contribution in [0, 0.1) is 24.2 Å². The largest absolute Gasteiger partial charge is 0.508 e. The van der Waals surface area contributed by atoms with Gasteiger partial charge in [0.05, 0.1) is 6.10 Å². The second-order valence-electron chi connectivity index (χ2n) is 15.9. The van der Waals surface area contributed by atoms with Crippen molar-refractivity contribution in [3.63, 3.8) is 0 Å². The van der Waals surface area contributed by atoms with Crippen LogP contribution in [0.5, 0.6) is 11.5 Å². The van der Waals surface area contributed by atoms with Gasteiger partial charge in [0.1, 0.15) is 29.5 Å². The molecule has 5 nitrogen and oxygen atoms in total. The average molecular weight is 629 g/mol. The molecule has 2 aliphatic carbocycles. The Bertz CT molecular complexity index is 1620. The third-order valence-electron chi connectivity index (χ3n) is 11.6. The van der Waals surface area contributed by atoms with Crippen molar-refractivity contribution in [3.05, 3.63) is 69.8 Å². The van der Waals surface area contributed by atoms with E-state index in [0.717, 1.165) is 45.2 Å². The Morgan fingerprint density at radius 3 is 2.26 bits per heavy atom. The highest BCUT2D eigenvalue weighted by Gasteiger charge is 2.61. The number of phenols is 1. The minimum Gasteiger partial charge on any atom is -0.508 e. The molecule has 5 heteroatoms. The van der Waals surface area contributed by atoms with Crippen LogP contribution in [-0.4, -0.2) is 35.3 Å². The summed E-state index contributed by atoms with van der Waals surface area (Å²) in [6.07, 6.45) is 1.40. The molecule has 1 unspecified atom stereocenters. The first-order valence-electron chi connectivity index (χ1n) is 17.4. The zero-order valence-corrected chi connectivity index (χ0v) is 30.0. The van der Waals surface area contributed by atoms with Crippen molar-refractivity contribution in [2.75, 3.05) is 7.11 Å². The molecule has 3 aromatic rings. The fourth-order valence-electron chi connectivity index (χ4n) is 8.75. The first-order valence-corrected chi connectivity index (χ1v) is 17.4. The van der Waals surface area contributed by atoms with Crippen molar-refractivity contribution in [2.24, 2.45) is 17.3 Å². The molecule has 0 spiro atoms. The SMILES string of the molecule is CO[C@@H]1c2cc(C(C)C)c(O)cc2[C@@]2(C)CC[C@H](O)C(C)(C)C2[C@H]1Oc1cc2c(CCC(=O)C(C)C)c(C)ccc2cc1C(C)C. The van der Waals surface area contributed by atoms with Gasteiger partial charge in [-0.1, -0.05) is 74.4 Å².